The predicted octanol–water partition coefficient (Wildman–Crippen LogP) is 3.96. The van der Waals surface area contributed by atoms with E-state index in [0.29, 0.717) is 18.2 Å². The van der Waals surface area contributed by atoms with Gasteiger partial charge in [0.15, 0.2) is 0 Å². The average molecular weight is 355 g/mol. The normalized spacial score (nSPS) is 10.4. The third-order valence-electron chi connectivity index (χ3n) is 3.36. The third kappa shape index (κ3) is 4.60. The van der Waals surface area contributed by atoms with Crippen molar-refractivity contribution in [1.82, 2.24) is 15.3 Å². The number of ether oxygens (including phenoxy) is 1. The van der Waals surface area contributed by atoms with Gasteiger partial charge < -0.3 is 14.2 Å². The number of hydrogen-bond acceptors (Lipinski definition) is 6. The second kappa shape index (κ2) is 8.34. The van der Waals surface area contributed by atoms with Crippen molar-refractivity contribution in [3.05, 3.63) is 60.4 Å². The van der Waals surface area contributed by atoms with Crippen LogP contribution in [0.5, 0.6) is 5.75 Å². The van der Waals surface area contributed by atoms with E-state index in [1.165, 1.54) is 0 Å². The van der Waals surface area contributed by atoms with Gasteiger partial charge in [0.1, 0.15) is 22.8 Å². The van der Waals surface area contributed by atoms with Gasteiger partial charge in [-0.1, -0.05) is 18.2 Å². The molecule has 0 spiro atoms. The minimum atomic E-state index is -0.534. The summed E-state index contributed by atoms with van der Waals surface area (Å²) in [5, 5.41) is 4.24. The molecule has 7 heteroatoms. The molecule has 0 aliphatic carbocycles. The fourth-order valence-corrected chi connectivity index (χ4v) is 2.70. The standard InChI is InChI=1S/C18H17N3O3S/c1-2-23-16-6-4-3-5-14(16)12-20-18(22)24-25-17-8-7-13-11-19-10-9-15(13)21-17/h3-11H,2,12H2,1H3,(H,20,22). The Hall–Kier alpha value is -2.80. The summed E-state index contributed by atoms with van der Waals surface area (Å²) >= 11 is 0.918. The van der Waals surface area contributed by atoms with Gasteiger partial charge in [-0.3, -0.25) is 4.98 Å². The van der Waals surface area contributed by atoms with Crippen molar-refractivity contribution in [3.63, 3.8) is 0 Å². The Labute approximate surface area is 149 Å². The lowest BCUT2D eigenvalue weighted by molar-refractivity contribution is 0.207. The highest BCUT2D eigenvalue weighted by atomic mass is 32.2. The molecule has 0 fully saturated rings. The highest BCUT2D eigenvalue weighted by Gasteiger charge is 2.08. The molecule has 0 saturated carbocycles. The van der Waals surface area contributed by atoms with Crippen LogP contribution in [0.1, 0.15) is 12.5 Å². The molecule has 0 aliphatic rings. The second-order valence-electron chi connectivity index (χ2n) is 5.07. The first-order valence-corrected chi connectivity index (χ1v) is 8.54. The topological polar surface area (TPSA) is 73.3 Å². The maximum atomic E-state index is 11.9. The number of fused-ring (bicyclic) bond motifs is 1. The van der Waals surface area contributed by atoms with Gasteiger partial charge in [0.05, 0.1) is 12.1 Å². The Bertz CT molecular complexity index is 873. The molecule has 0 bridgehead atoms. The number of pyridine rings is 2. The van der Waals surface area contributed by atoms with Gasteiger partial charge in [0, 0.05) is 29.9 Å². The van der Waals surface area contributed by atoms with E-state index in [0.717, 1.165) is 34.3 Å². The number of nitrogens with zero attached hydrogens (tertiary/aromatic N) is 2. The number of carbonyl (C=O) groups is 1. The summed E-state index contributed by atoms with van der Waals surface area (Å²) in [6.45, 7) is 2.81. The van der Waals surface area contributed by atoms with Crippen LogP contribution in [-0.4, -0.2) is 22.7 Å². The van der Waals surface area contributed by atoms with Crippen molar-refractivity contribution in [2.45, 2.75) is 18.5 Å². The highest BCUT2D eigenvalue weighted by molar-refractivity contribution is 7.95. The summed E-state index contributed by atoms with van der Waals surface area (Å²) in [7, 11) is 0. The van der Waals surface area contributed by atoms with E-state index in [4.69, 9.17) is 8.92 Å². The summed E-state index contributed by atoms with van der Waals surface area (Å²) in [6.07, 6.45) is 2.88. The maximum absolute atomic E-state index is 11.9. The Balaban J connectivity index is 1.54. The third-order valence-corrected chi connectivity index (χ3v) is 4.00. The smallest absolute Gasteiger partial charge is 0.420 e. The fraction of sp³-hybridized carbons (Fsp3) is 0.167. The van der Waals surface area contributed by atoms with Crippen molar-refractivity contribution < 1.29 is 13.7 Å². The van der Waals surface area contributed by atoms with Crippen LogP contribution in [-0.2, 0) is 10.7 Å². The zero-order valence-corrected chi connectivity index (χ0v) is 14.5. The summed E-state index contributed by atoms with van der Waals surface area (Å²) in [6, 6.07) is 13.0. The molecule has 1 amide bonds. The lowest BCUT2D eigenvalue weighted by atomic mass is 10.2. The Kier molecular flexibility index (Phi) is 5.69. The summed E-state index contributed by atoms with van der Waals surface area (Å²) in [5.41, 5.74) is 1.69. The Morgan fingerprint density at radius 1 is 1.20 bits per heavy atom. The zero-order chi connectivity index (χ0) is 17.5. The molecule has 0 aliphatic heterocycles. The first kappa shape index (κ1) is 17.0. The van der Waals surface area contributed by atoms with Crippen molar-refractivity contribution in [1.29, 1.82) is 0 Å². The highest BCUT2D eigenvalue weighted by Crippen LogP contribution is 2.21. The zero-order valence-electron chi connectivity index (χ0n) is 13.6. The molecule has 0 unspecified atom stereocenters. The van der Waals surface area contributed by atoms with E-state index in [1.54, 1.807) is 18.5 Å². The van der Waals surface area contributed by atoms with Gasteiger partial charge >= 0.3 is 6.09 Å². The van der Waals surface area contributed by atoms with E-state index in [-0.39, 0.29) is 0 Å². The average Bonchev–Trinajstić information content (AvgIpc) is 2.66. The van der Waals surface area contributed by atoms with Crippen molar-refractivity contribution in [3.8, 4) is 5.75 Å². The fourth-order valence-electron chi connectivity index (χ4n) is 2.22. The maximum Gasteiger partial charge on any atom is 0.420 e. The lowest BCUT2D eigenvalue weighted by Gasteiger charge is -2.10. The SMILES string of the molecule is CCOc1ccccc1CNC(=O)OSc1ccc2cnccc2n1. The van der Waals surface area contributed by atoms with Crippen LogP contribution in [0.2, 0.25) is 0 Å². The molecule has 0 radical (unpaired) electrons. The predicted molar refractivity (Wildman–Crippen MR) is 96.3 cm³/mol. The first-order valence-electron chi connectivity index (χ1n) is 7.80. The van der Waals surface area contributed by atoms with Crippen molar-refractivity contribution in [2.24, 2.45) is 0 Å². The minimum Gasteiger partial charge on any atom is -0.494 e. The molecule has 3 aromatic rings. The lowest BCUT2D eigenvalue weighted by Crippen LogP contribution is -2.22. The number of amides is 1. The Morgan fingerprint density at radius 2 is 2.08 bits per heavy atom. The van der Waals surface area contributed by atoms with Crippen LogP contribution in [0.3, 0.4) is 0 Å². The molecule has 128 valence electrons. The molecule has 2 heterocycles. The number of para-hydroxylation sites is 1. The second-order valence-corrected chi connectivity index (χ2v) is 5.82. The van der Waals surface area contributed by atoms with E-state index in [2.05, 4.69) is 15.3 Å². The molecule has 2 aromatic heterocycles. The van der Waals surface area contributed by atoms with Crippen LogP contribution in [0, 0.1) is 0 Å². The molecule has 3 rings (SSSR count). The largest absolute Gasteiger partial charge is 0.494 e. The molecule has 0 saturated heterocycles. The van der Waals surface area contributed by atoms with Gasteiger partial charge in [-0.05, 0) is 31.2 Å². The number of aromatic nitrogens is 2. The number of hydrogen-bond donors (Lipinski definition) is 1. The van der Waals surface area contributed by atoms with Gasteiger partial charge in [0.25, 0.3) is 0 Å². The first-order chi connectivity index (χ1) is 12.3. The van der Waals surface area contributed by atoms with Gasteiger partial charge in [-0.25, -0.2) is 9.78 Å². The van der Waals surface area contributed by atoms with Crippen LogP contribution < -0.4 is 10.1 Å². The van der Waals surface area contributed by atoms with Crippen LogP contribution in [0.15, 0.2) is 59.9 Å². The minimum absolute atomic E-state index is 0.326. The molecule has 0 atom stereocenters. The number of nitrogens with one attached hydrogen (secondary N) is 1. The monoisotopic (exact) mass is 355 g/mol. The van der Waals surface area contributed by atoms with E-state index < -0.39 is 6.09 Å². The van der Waals surface area contributed by atoms with Gasteiger partial charge in [-0.15, -0.1) is 0 Å². The van der Waals surface area contributed by atoms with Crippen LogP contribution in [0.4, 0.5) is 4.79 Å². The van der Waals surface area contributed by atoms with Crippen LogP contribution >= 0.6 is 12.0 Å². The van der Waals surface area contributed by atoms with E-state index >= 15 is 0 Å². The summed E-state index contributed by atoms with van der Waals surface area (Å²) in [4.78, 5) is 20.3. The molecular weight excluding hydrogens is 338 g/mol. The quantitative estimate of drug-likeness (QED) is 0.675. The molecule has 6 nitrogen and oxygen atoms in total. The number of carbonyl (C=O) groups excluding carboxylic acids is 1. The summed E-state index contributed by atoms with van der Waals surface area (Å²) in [5.74, 6) is 0.753. The molecule has 25 heavy (non-hydrogen) atoms. The molecule has 1 N–H and O–H groups in total. The van der Waals surface area contributed by atoms with Gasteiger partial charge in [-0.2, -0.15) is 0 Å². The Morgan fingerprint density at radius 3 is 2.96 bits per heavy atom. The summed E-state index contributed by atoms with van der Waals surface area (Å²) < 4.78 is 10.7. The van der Waals surface area contributed by atoms with Crippen molar-refractivity contribution in [2.75, 3.05) is 6.61 Å². The number of benzene rings is 1. The molecule has 1 aromatic carbocycles. The molecular formula is C18H17N3O3S. The van der Waals surface area contributed by atoms with Crippen molar-refractivity contribution >= 4 is 29.0 Å². The van der Waals surface area contributed by atoms with Crippen LogP contribution in [0.25, 0.3) is 10.9 Å². The number of rotatable bonds is 6. The van der Waals surface area contributed by atoms with Gasteiger partial charge in [0.2, 0.25) is 0 Å². The van der Waals surface area contributed by atoms with E-state index in [1.807, 2.05) is 43.3 Å². The van der Waals surface area contributed by atoms with E-state index in [9.17, 15) is 4.79 Å².